The highest BCUT2D eigenvalue weighted by molar-refractivity contribution is 7.92. The number of hydrogen-bond acceptors (Lipinski definition) is 4. The van der Waals surface area contributed by atoms with Crippen LogP contribution < -0.4 is 15.4 Å². The number of thiocarbonyl (C=S) groups is 1. The van der Waals surface area contributed by atoms with E-state index in [2.05, 4.69) is 15.4 Å². The summed E-state index contributed by atoms with van der Waals surface area (Å²) in [5.74, 6) is -0.370. The number of aryl methyl sites for hydroxylation is 3. The smallest absolute Gasteiger partial charge is 0.261 e. The topological polar surface area (TPSA) is 87.3 Å². The van der Waals surface area contributed by atoms with Gasteiger partial charge in [0.15, 0.2) is 5.11 Å². The van der Waals surface area contributed by atoms with Gasteiger partial charge in [0.05, 0.1) is 4.90 Å². The Hall–Kier alpha value is -3.49. The minimum Gasteiger partial charge on any atom is -0.332 e. The van der Waals surface area contributed by atoms with E-state index in [1.54, 1.807) is 30.3 Å². The molecule has 3 aromatic rings. The molecule has 8 heteroatoms. The van der Waals surface area contributed by atoms with Crippen LogP contribution in [0.1, 0.15) is 22.3 Å². The van der Waals surface area contributed by atoms with Crippen LogP contribution >= 0.6 is 12.2 Å². The number of anilines is 2. The van der Waals surface area contributed by atoms with Crippen LogP contribution in [0.25, 0.3) is 6.08 Å². The standard InChI is InChI=1S/C25H25N3O3S2/c1-17-4-7-20(8-5-17)9-15-24(29)27-25(32)26-21-11-13-23(14-12-21)33(30,31)28-22-10-6-18(2)19(3)16-22/h4-16,28H,1-3H3,(H2,26,27,29,32). The van der Waals surface area contributed by atoms with Crippen molar-refractivity contribution in [3.63, 3.8) is 0 Å². The molecule has 0 heterocycles. The lowest BCUT2D eigenvalue weighted by molar-refractivity contribution is -0.115. The van der Waals surface area contributed by atoms with Crippen LogP contribution in [0.15, 0.2) is 77.7 Å². The van der Waals surface area contributed by atoms with Crippen molar-refractivity contribution in [1.82, 2.24) is 5.32 Å². The fourth-order valence-corrected chi connectivity index (χ4v) is 4.17. The van der Waals surface area contributed by atoms with Crippen molar-refractivity contribution in [1.29, 1.82) is 0 Å². The molecule has 0 aliphatic rings. The van der Waals surface area contributed by atoms with E-state index >= 15 is 0 Å². The average Bonchev–Trinajstić information content (AvgIpc) is 2.76. The molecule has 1 amide bonds. The third-order valence-electron chi connectivity index (χ3n) is 4.92. The van der Waals surface area contributed by atoms with Gasteiger partial charge in [-0.15, -0.1) is 0 Å². The molecule has 170 valence electrons. The molecule has 3 rings (SSSR count). The molecular weight excluding hydrogens is 454 g/mol. The van der Waals surface area contributed by atoms with E-state index < -0.39 is 10.0 Å². The maximum absolute atomic E-state index is 12.7. The summed E-state index contributed by atoms with van der Waals surface area (Å²) in [6.07, 6.45) is 3.09. The first kappa shape index (κ1) is 24.2. The number of amides is 1. The number of nitrogens with one attached hydrogen (secondary N) is 3. The monoisotopic (exact) mass is 479 g/mol. The molecule has 0 bridgehead atoms. The van der Waals surface area contributed by atoms with Crippen LogP contribution in [0.3, 0.4) is 0 Å². The molecule has 0 saturated heterocycles. The van der Waals surface area contributed by atoms with E-state index in [0.717, 1.165) is 22.3 Å². The van der Waals surface area contributed by atoms with Crippen molar-refractivity contribution in [3.8, 4) is 0 Å². The van der Waals surface area contributed by atoms with Crippen LogP contribution in [0.4, 0.5) is 11.4 Å². The largest absolute Gasteiger partial charge is 0.332 e. The molecule has 33 heavy (non-hydrogen) atoms. The lowest BCUT2D eigenvalue weighted by atomic mass is 10.1. The Balaban J connectivity index is 1.57. The lowest BCUT2D eigenvalue weighted by Crippen LogP contribution is -2.32. The number of sulfonamides is 1. The summed E-state index contributed by atoms with van der Waals surface area (Å²) < 4.78 is 27.9. The number of carbonyl (C=O) groups is 1. The minimum atomic E-state index is -3.73. The summed E-state index contributed by atoms with van der Waals surface area (Å²) in [4.78, 5) is 12.2. The first-order chi connectivity index (χ1) is 15.6. The van der Waals surface area contributed by atoms with Gasteiger partial charge in [0.1, 0.15) is 0 Å². The summed E-state index contributed by atoms with van der Waals surface area (Å²) in [6.45, 7) is 5.88. The molecule has 0 radical (unpaired) electrons. The Bertz CT molecular complexity index is 1300. The van der Waals surface area contributed by atoms with E-state index in [4.69, 9.17) is 12.2 Å². The molecule has 0 aliphatic carbocycles. The zero-order chi connectivity index (χ0) is 24.0. The first-order valence-electron chi connectivity index (χ1n) is 10.2. The zero-order valence-electron chi connectivity index (χ0n) is 18.5. The van der Waals surface area contributed by atoms with E-state index in [0.29, 0.717) is 11.4 Å². The number of benzene rings is 3. The quantitative estimate of drug-likeness (QED) is 0.344. The van der Waals surface area contributed by atoms with Crippen molar-refractivity contribution in [2.24, 2.45) is 0 Å². The Labute approximate surface area is 199 Å². The van der Waals surface area contributed by atoms with Gasteiger partial charge in [-0.3, -0.25) is 14.8 Å². The van der Waals surface area contributed by atoms with E-state index in [1.807, 2.05) is 51.1 Å². The van der Waals surface area contributed by atoms with Crippen molar-refractivity contribution >= 4 is 50.7 Å². The van der Waals surface area contributed by atoms with Gasteiger partial charge in [0.25, 0.3) is 10.0 Å². The summed E-state index contributed by atoms with van der Waals surface area (Å²) in [5, 5.41) is 5.54. The SMILES string of the molecule is Cc1ccc(C=CC(=O)NC(=S)Nc2ccc(S(=O)(=O)Nc3ccc(C)c(C)c3)cc2)cc1. The normalized spacial score (nSPS) is 11.2. The van der Waals surface area contributed by atoms with E-state index in [1.165, 1.54) is 18.2 Å². The van der Waals surface area contributed by atoms with Gasteiger partial charge < -0.3 is 5.32 Å². The first-order valence-corrected chi connectivity index (χ1v) is 12.1. The van der Waals surface area contributed by atoms with Gasteiger partial charge in [-0.05, 0) is 92.2 Å². The Morgan fingerprint density at radius 3 is 2.12 bits per heavy atom. The molecule has 3 N–H and O–H groups in total. The summed E-state index contributed by atoms with van der Waals surface area (Å²) >= 11 is 5.17. The Kier molecular flexibility index (Phi) is 7.63. The fraction of sp³-hybridized carbons (Fsp3) is 0.120. The van der Waals surface area contributed by atoms with Gasteiger partial charge >= 0.3 is 0 Å². The van der Waals surface area contributed by atoms with Crippen molar-refractivity contribution in [2.45, 2.75) is 25.7 Å². The highest BCUT2D eigenvalue weighted by Crippen LogP contribution is 2.20. The second-order valence-corrected chi connectivity index (χ2v) is 9.71. The summed E-state index contributed by atoms with van der Waals surface area (Å²) in [5.41, 5.74) is 5.18. The molecule has 0 aromatic heterocycles. The predicted molar refractivity (Wildman–Crippen MR) is 138 cm³/mol. The maximum Gasteiger partial charge on any atom is 0.261 e. The molecule has 0 saturated carbocycles. The average molecular weight is 480 g/mol. The number of hydrogen-bond donors (Lipinski definition) is 3. The zero-order valence-corrected chi connectivity index (χ0v) is 20.2. The van der Waals surface area contributed by atoms with Gasteiger partial charge in [-0.1, -0.05) is 35.9 Å². The molecule has 0 spiro atoms. The fourth-order valence-electron chi connectivity index (χ4n) is 2.90. The Morgan fingerprint density at radius 2 is 1.48 bits per heavy atom. The Morgan fingerprint density at radius 1 is 0.848 bits per heavy atom. The third kappa shape index (κ3) is 7.00. The minimum absolute atomic E-state index is 0.109. The third-order valence-corrected chi connectivity index (χ3v) is 6.52. The molecular formula is C25H25N3O3S2. The molecule has 0 aliphatic heterocycles. The van der Waals surface area contributed by atoms with E-state index in [9.17, 15) is 13.2 Å². The molecule has 0 unspecified atom stereocenters. The van der Waals surface area contributed by atoms with E-state index in [-0.39, 0.29) is 15.9 Å². The number of carbonyl (C=O) groups excluding carboxylic acids is 1. The van der Waals surface area contributed by atoms with Gasteiger partial charge in [0.2, 0.25) is 5.91 Å². The van der Waals surface area contributed by atoms with Crippen molar-refractivity contribution < 1.29 is 13.2 Å². The lowest BCUT2D eigenvalue weighted by Gasteiger charge is -2.11. The molecule has 0 atom stereocenters. The summed E-state index contributed by atoms with van der Waals surface area (Å²) in [6, 6.07) is 19.2. The van der Waals surface area contributed by atoms with Crippen molar-refractivity contribution in [2.75, 3.05) is 10.0 Å². The van der Waals surface area contributed by atoms with Crippen LogP contribution in [-0.4, -0.2) is 19.4 Å². The second-order valence-electron chi connectivity index (χ2n) is 7.62. The van der Waals surface area contributed by atoms with Crippen LogP contribution in [0.2, 0.25) is 0 Å². The van der Waals surface area contributed by atoms with Crippen LogP contribution in [-0.2, 0) is 14.8 Å². The van der Waals surface area contributed by atoms with Crippen LogP contribution in [0, 0.1) is 20.8 Å². The highest BCUT2D eigenvalue weighted by Gasteiger charge is 2.14. The maximum atomic E-state index is 12.7. The second kappa shape index (κ2) is 10.4. The molecule has 3 aromatic carbocycles. The summed E-state index contributed by atoms with van der Waals surface area (Å²) in [7, 11) is -3.73. The van der Waals surface area contributed by atoms with Gasteiger partial charge in [-0.2, -0.15) is 0 Å². The number of rotatable bonds is 6. The molecule has 6 nitrogen and oxygen atoms in total. The van der Waals surface area contributed by atoms with Gasteiger partial charge in [0, 0.05) is 17.5 Å². The van der Waals surface area contributed by atoms with Gasteiger partial charge in [-0.25, -0.2) is 8.42 Å². The van der Waals surface area contributed by atoms with Crippen LogP contribution in [0.5, 0.6) is 0 Å². The van der Waals surface area contributed by atoms with Crippen molar-refractivity contribution in [3.05, 3.63) is 95.1 Å². The molecule has 0 fully saturated rings. The predicted octanol–water partition coefficient (Wildman–Crippen LogP) is 4.94. The highest BCUT2D eigenvalue weighted by atomic mass is 32.2.